The first-order chi connectivity index (χ1) is 11.9. The van der Waals surface area contributed by atoms with Gasteiger partial charge in [-0.25, -0.2) is 0 Å². The molecule has 1 N–H and O–H groups in total. The molecule has 0 saturated heterocycles. The van der Waals surface area contributed by atoms with Gasteiger partial charge in [0.2, 0.25) is 8.32 Å². The van der Waals surface area contributed by atoms with Crippen molar-refractivity contribution in [3.05, 3.63) is 23.3 Å². The number of aliphatic hydroxyl groups excluding tert-OH is 1. The average molecular weight is 379 g/mol. The third-order valence-electron chi connectivity index (χ3n) is 7.19. The Labute approximate surface area is 163 Å². The Morgan fingerprint density at radius 2 is 1.65 bits per heavy atom. The SMILES string of the molecule is CC(C)[Si](OCC1=C[C@H]2C(=CC[C@H]1C)C(C)(C)C[C@@H]2O)(C(C)C)C(C)C. The van der Waals surface area contributed by atoms with Crippen LogP contribution in [0, 0.1) is 17.3 Å². The minimum absolute atomic E-state index is 0.114. The van der Waals surface area contributed by atoms with Gasteiger partial charge >= 0.3 is 0 Å². The Hall–Kier alpha value is -0.383. The molecule has 0 spiro atoms. The van der Waals surface area contributed by atoms with Crippen molar-refractivity contribution in [1.29, 1.82) is 0 Å². The first-order valence-corrected chi connectivity index (χ1v) is 12.8. The summed E-state index contributed by atoms with van der Waals surface area (Å²) in [5, 5.41) is 10.7. The zero-order valence-electron chi connectivity index (χ0n) is 18.6. The highest BCUT2D eigenvalue weighted by atomic mass is 28.4. The second-order valence-electron chi connectivity index (χ2n) is 10.3. The van der Waals surface area contributed by atoms with Gasteiger partial charge in [-0.2, -0.15) is 0 Å². The molecular weight excluding hydrogens is 336 g/mol. The molecule has 2 nitrogen and oxygen atoms in total. The molecule has 0 radical (unpaired) electrons. The Balaban J connectivity index is 2.27. The normalized spacial score (nSPS) is 29.0. The van der Waals surface area contributed by atoms with Crippen LogP contribution in [0.2, 0.25) is 16.6 Å². The molecule has 0 aromatic carbocycles. The third kappa shape index (κ3) is 3.91. The smallest absolute Gasteiger partial charge is 0.200 e. The minimum Gasteiger partial charge on any atom is -0.412 e. The van der Waals surface area contributed by atoms with Crippen LogP contribution >= 0.6 is 0 Å². The zero-order valence-corrected chi connectivity index (χ0v) is 19.6. The Bertz CT molecular complexity index is 535. The molecule has 0 aromatic rings. The van der Waals surface area contributed by atoms with E-state index >= 15 is 0 Å². The lowest BCUT2D eigenvalue weighted by molar-refractivity contribution is 0.145. The van der Waals surface area contributed by atoms with Crippen LogP contribution in [0.5, 0.6) is 0 Å². The fourth-order valence-corrected chi connectivity index (χ4v) is 11.2. The van der Waals surface area contributed by atoms with Crippen molar-refractivity contribution in [3.63, 3.8) is 0 Å². The Morgan fingerprint density at radius 3 is 2.15 bits per heavy atom. The molecule has 2 rings (SSSR count). The molecule has 2 aliphatic rings. The van der Waals surface area contributed by atoms with E-state index in [0.29, 0.717) is 22.5 Å². The van der Waals surface area contributed by atoms with E-state index < -0.39 is 8.32 Å². The number of hydrogen-bond acceptors (Lipinski definition) is 2. The van der Waals surface area contributed by atoms with E-state index in [0.717, 1.165) is 19.4 Å². The number of rotatable bonds is 6. The van der Waals surface area contributed by atoms with Crippen LogP contribution in [-0.4, -0.2) is 26.1 Å². The van der Waals surface area contributed by atoms with E-state index in [4.69, 9.17) is 4.43 Å². The van der Waals surface area contributed by atoms with Gasteiger partial charge in [-0.05, 0) is 46.4 Å². The van der Waals surface area contributed by atoms with E-state index in [1.807, 2.05) is 0 Å². The highest BCUT2D eigenvalue weighted by molar-refractivity contribution is 6.77. The van der Waals surface area contributed by atoms with Gasteiger partial charge in [0.25, 0.3) is 0 Å². The molecule has 3 atom stereocenters. The maximum Gasteiger partial charge on any atom is 0.200 e. The van der Waals surface area contributed by atoms with Gasteiger partial charge in [0.1, 0.15) is 0 Å². The average Bonchev–Trinajstić information content (AvgIpc) is 2.62. The maximum absolute atomic E-state index is 10.7. The van der Waals surface area contributed by atoms with Crippen LogP contribution in [0.3, 0.4) is 0 Å². The van der Waals surface area contributed by atoms with Crippen molar-refractivity contribution in [2.75, 3.05) is 6.61 Å². The molecule has 0 heterocycles. The second kappa shape index (κ2) is 7.93. The van der Waals surface area contributed by atoms with Crippen LogP contribution in [0.15, 0.2) is 23.3 Å². The van der Waals surface area contributed by atoms with Crippen molar-refractivity contribution in [2.24, 2.45) is 17.3 Å². The molecule has 1 fully saturated rings. The van der Waals surface area contributed by atoms with Crippen molar-refractivity contribution >= 4 is 8.32 Å². The summed E-state index contributed by atoms with van der Waals surface area (Å²) in [7, 11) is -1.86. The van der Waals surface area contributed by atoms with Crippen molar-refractivity contribution in [3.8, 4) is 0 Å². The summed E-state index contributed by atoms with van der Waals surface area (Å²) < 4.78 is 6.88. The molecular formula is C23H42O2Si. The highest BCUT2D eigenvalue weighted by Crippen LogP contribution is 2.49. The van der Waals surface area contributed by atoms with Crippen LogP contribution < -0.4 is 0 Å². The third-order valence-corrected chi connectivity index (χ3v) is 13.2. The topological polar surface area (TPSA) is 29.5 Å². The van der Waals surface area contributed by atoms with Crippen LogP contribution in [0.4, 0.5) is 0 Å². The number of allylic oxidation sites excluding steroid dienone is 1. The van der Waals surface area contributed by atoms with Crippen molar-refractivity contribution < 1.29 is 9.53 Å². The molecule has 0 unspecified atom stereocenters. The molecule has 2 aliphatic carbocycles. The zero-order chi connectivity index (χ0) is 19.9. The van der Waals surface area contributed by atoms with Crippen molar-refractivity contribution in [1.82, 2.24) is 0 Å². The molecule has 0 bridgehead atoms. The lowest BCUT2D eigenvalue weighted by Crippen LogP contribution is -2.48. The van der Waals surface area contributed by atoms with Crippen molar-refractivity contribution in [2.45, 2.75) is 97.9 Å². The molecule has 0 aliphatic heterocycles. The van der Waals surface area contributed by atoms with E-state index in [1.165, 1.54) is 11.1 Å². The van der Waals surface area contributed by atoms with E-state index in [9.17, 15) is 5.11 Å². The maximum atomic E-state index is 10.7. The van der Waals surface area contributed by atoms with Gasteiger partial charge in [0, 0.05) is 5.92 Å². The fourth-order valence-electron chi connectivity index (χ4n) is 5.79. The Kier molecular flexibility index (Phi) is 6.68. The monoisotopic (exact) mass is 378 g/mol. The largest absolute Gasteiger partial charge is 0.412 e. The second-order valence-corrected chi connectivity index (χ2v) is 15.8. The summed E-state index contributed by atoms with van der Waals surface area (Å²) in [6, 6.07) is 0. The van der Waals surface area contributed by atoms with Gasteiger partial charge < -0.3 is 9.53 Å². The van der Waals surface area contributed by atoms with Crippen LogP contribution in [0.1, 0.15) is 75.2 Å². The standard InChI is InChI=1S/C23H42O2Si/c1-15(2)26(16(3)4,17(5)6)25-14-19-12-20-21(11-10-18(19)7)23(8,9)13-22(20)24/h11-12,15-18,20,22,24H,10,13-14H2,1-9H3/t18-,20+,22+/m1/s1. The van der Waals surface area contributed by atoms with Gasteiger partial charge in [-0.15, -0.1) is 0 Å². The lowest BCUT2D eigenvalue weighted by atomic mass is 9.84. The molecule has 150 valence electrons. The van der Waals surface area contributed by atoms with Gasteiger partial charge in [0.05, 0.1) is 12.7 Å². The van der Waals surface area contributed by atoms with Gasteiger partial charge in [-0.1, -0.05) is 80.0 Å². The Morgan fingerprint density at radius 1 is 1.12 bits per heavy atom. The molecule has 3 heteroatoms. The van der Waals surface area contributed by atoms with Crippen LogP contribution in [0.25, 0.3) is 0 Å². The fraction of sp³-hybridized carbons (Fsp3) is 0.826. The molecule has 26 heavy (non-hydrogen) atoms. The summed E-state index contributed by atoms with van der Waals surface area (Å²) in [6.45, 7) is 21.7. The predicted octanol–water partition coefficient (Wildman–Crippen LogP) is 6.48. The lowest BCUT2D eigenvalue weighted by Gasteiger charge is -2.42. The summed E-state index contributed by atoms with van der Waals surface area (Å²) in [5.74, 6) is 0.677. The van der Waals surface area contributed by atoms with E-state index in [-0.39, 0.29) is 17.4 Å². The summed E-state index contributed by atoms with van der Waals surface area (Å²) in [6.07, 6.45) is 6.46. The quantitative estimate of drug-likeness (QED) is 0.423. The molecule has 0 aromatic heterocycles. The molecule has 0 amide bonds. The first-order valence-electron chi connectivity index (χ1n) is 10.7. The number of hydrogen-bond donors (Lipinski definition) is 1. The number of fused-ring (bicyclic) bond motifs is 1. The number of aliphatic hydroxyl groups is 1. The van der Waals surface area contributed by atoms with E-state index in [1.54, 1.807) is 0 Å². The van der Waals surface area contributed by atoms with E-state index in [2.05, 4.69) is 74.5 Å². The summed E-state index contributed by atoms with van der Waals surface area (Å²) in [5.41, 5.74) is 4.77. The highest BCUT2D eigenvalue weighted by Gasteiger charge is 2.46. The summed E-state index contributed by atoms with van der Waals surface area (Å²) >= 11 is 0. The molecule has 1 saturated carbocycles. The first kappa shape index (κ1) is 21.9. The van der Waals surface area contributed by atoms with Crippen LogP contribution in [-0.2, 0) is 4.43 Å². The minimum atomic E-state index is -1.86. The predicted molar refractivity (Wildman–Crippen MR) is 115 cm³/mol. The van der Waals surface area contributed by atoms with Gasteiger partial charge in [0.15, 0.2) is 0 Å². The van der Waals surface area contributed by atoms with Gasteiger partial charge in [-0.3, -0.25) is 0 Å². The summed E-state index contributed by atoms with van der Waals surface area (Å²) in [4.78, 5) is 0.